The molecule has 2 rings (SSSR count). The Labute approximate surface area is 176 Å². The highest BCUT2D eigenvalue weighted by molar-refractivity contribution is 7.91. The van der Waals surface area contributed by atoms with E-state index in [0.29, 0.717) is 11.3 Å². The molecule has 0 radical (unpaired) electrons. The molecule has 0 atom stereocenters. The average molecular weight is 438 g/mol. The van der Waals surface area contributed by atoms with Gasteiger partial charge in [0.1, 0.15) is 4.21 Å². The number of hydrogen-bond donors (Lipinski definition) is 3. The zero-order valence-corrected chi connectivity index (χ0v) is 18.7. The number of anilines is 1. The van der Waals surface area contributed by atoms with Crippen molar-refractivity contribution in [3.63, 3.8) is 0 Å². The van der Waals surface area contributed by atoms with Crippen LogP contribution in [-0.4, -0.2) is 33.3 Å². The number of thiophene rings is 1. The van der Waals surface area contributed by atoms with Crippen molar-refractivity contribution in [1.29, 1.82) is 0 Å². The number of nitrogens with one attached hydrogen (secondary N) is 3. The van der Waals surface area contributed by atoms with Crippen molar-refractivity contribution in [3.8, 4) is 0 Å². The molecule has 1 heterocycles. The van der Waals surface area contributed by atoms with Crippen molar-refractivity contribution in [2.45, 2.75) is 38.3 Å². The third-order valence-electron chi connectivity index (χ3n) is 4.04. The molecule has 0 bridgehead atoms. The third kappa shape index (κ3) is 6.66. The number of benzene rings is 1. The summed E-state index contributed by atoms with van der Waals surface area (Å²) < 4.78 is 27.2. The van der Waals surface area contributed by atoms with Gasteiger partial charge in [0.05, 0.1) is 0 Å². The van der Waals surface area contributed by atoms with Gasteiger partial charge >= 0.3 is 0 Å². The lowest BCUT2D eigenvalue weighted by Crippen LogP contribution is -2.34. The number of rotatable bonds is 8. The lowest BCUT2D eigenvalue weighted by molar-refractivity contribution is -0.123. The van der Waals surface area contributed by atoms with Crippen LogP contribution in [0.1, 0.15) is 42.9 Å². The Balaban J connectivity index is 1.82. The predicted octanol–water partition coefficient (Wildman–Crippen LogP) is 3.00. The summed E-state index contributed by atoms with van der Waals surface area (Å²) in [5.41, 5.74) is 0.522. The number of aryl methyl sites for hydroxylation is 1. The van der Waals surface area contributed by atoms with Gasteiger partial charge < -0.3 is 10.6 Å². The monoisotopic (exact) mass is 437 g/mol. The van der Waals surface area contributed by atoms with Crippen molar-refractivity contribution in [3.05, 3.63) is 46.8 Å². The first-order chi connectivity index (χ1) is 13.5. The number of amides is 2. The van der Waals surface area contributed by atoms with E-state index in [-0.39, 0.29) is 29.1 Å². The minimum Gasteiger partial charge on any atom is -0.351 e. The molecule has 1 aromatic heterocycles. The van der Waals surface area contributed by atoms with E-state index in [1.807, 2.05) is 27.7 Å². The summed E-state index contributed by atoms with van der Waals surface area (Å²) in [6, 6.07) is 9.91. The highest BCUT2D eigenvalue weighted by Crippen LogP contribution is 2.21. The lowest BCUT2D eigenvalue weighted by atomic mass is 9.95. The molecule has 7 nitrogen and oxygen atoms in total. The Bertz CT molecular complexity index is 958. The topological polar surface area (TPSA) is 104 Å². The van der Waals surface area contributed by atoms with Crippen molar-refractivity contribution < 1.29 is 18.0 Å². The van der Waals surface area contributed by atoms with Gasteiger partial charge in [0.15, 0.2) is 0 Å². The van der Waals surface area contributed by atoms with Gasteiger partial charge in [0.2, 0.25) is 15.9 Å². The maximum Gasteiger partial charge on any atom is 0.251 e. The van der Waals surface area contributed by atoms with Crippen LogP contribution < -0.4 is 15.4 Å². The Morgan fingerprint density at radius 1 is 1.00 bits per heavy atom. The van der Waals surface area contributed by atoms with Crippen LogP contribution in [0.3, 0.4) is 0 Å². The van der Waals surface area contributed by atoms with Crippen molar-refractivity contribution in [2.75, 3.05) is 18.4 Å². The van der Waals surface area contributed by atoms with Gasteiger partial charge in [-0.3, -0.25) is 9.59 Å². The number of carbonyl (C=O) groups is 2. The van der Waals surface area contributed by atoms with Gasteiger partial charge in [0, 0.05) is 34.6 Å². The molecule has 0 saturated carbocycles. The van der Waals surface area contributed by atoms with Gasteiger partial charge in [-0.1, -0.05) is 27.7 Å². The molecule has 0 aliphatic carbocycles. The molecule has 158 valence electrons. The molecule has 9 heteroatoms. The molecular weight excluding hydrogens is 410 g/mol. The first-order valence-electron chi connectivity index (χ1n) is 9.31. The highest BCUT2D eigenvalue weighted by Gasteiger charge is 2.21. The summed E-state index contributed by atoms with van der Waals surface area (Å²) in [4.78, 5) is 25.2. The fraction of sp³-hybridized carbons (Fsp3) is 0.400. The van der Waals surface area contributed by atoms with Crippen LogP contribution in [-0.2, 0) is 21.2 Å². The summed E-state index contributed by atoms with van der Waals surface area (Å²) in [6.45, 7) is 7.68. The molecule has 0 aliphatic heterocycles. The summed E-state index contributed by atoms with van der Waals surface area (Å²) >= 11 is 1.24. The Morgan fingerprint density at radius 3 is 2.21 bits per heavy atom. The summed E-state index contributed by atoms with van der Waals surface area (Å²) in [5.74, 6) is -0.430. The molecular formula is C20H27N3O4S2. The van der Waals surface area contributed by atoms with Gasteiger partial charge in [0.25, 0.3) is 5.91 Å². The van der Waals surface area contributed by atoms with E-state index in [0.717, 1.165) is 11.3 Å². The number of sulfonamides is 1. The zero-order valence-electron chi connectivity index (χ0n) is 17.0. The largest absolute Gasteiger partial charge is 0.351 e. The highest BCUT2D eigenvalue weighted by atomic mass is 32.2. The van der Waals surface area contributed by atoms with Crippen LogP contribution in [0.25, 0.3) is 0 Å². The summed E-state index contributed by atoms with van der Waals surface area (Å²) in [5, 5.41) is 5.47. The van der Waals surface area contributed by atoms with Crippen LogP contribution >= 0.6 is 11.3 Å². The van der Waals surface area contributed by atoms with Gasteiger partial charge in [-0.15, -0.1) is 11.3 Å². The van der Waals surface area contributed by atoms with Crippen molar-refractivity contribution in [1.82, 2.24) is 10.0 Å². The Hall–Kier alpha value is -2.23. The van der Waals surface area contributed by atoms with Crippen molar-refractivity contribution >= 4 is 38.9 Å². The van der Waals surface area contributed by atoms with Crippen LogP contribution in [0.2, 0.25) is 0 Å². The normalized spacial score (nSPS) is 11.9. The lowest BCUT2D eigenvalue weighted by Gasteiger charge is -2.17. The SMILES string of the molecule is CCc1ccc(S(=O)(=O)NCCNC(=O)c2ccc(NC(=O)C(C)(C)C)cc2)s1. The zero-order chi connectivity index (χ0) is 21.7. The quantitative estimate of drug-likeness (QED) is 0.552. The molecule has 2 amide bonds. The van der Waals surface area contributed by atoms with E-state index < -0.39 is 15.4 Å². The first-order valence-corrected chi connectivity index (χ1v) is 11.6. The second-order valence-electron chi connectivity index (χ2n) is 7.51. The number of hydrogen-bond acceptors (Lipinski definition) is 5. The Kier molecular flexibility index (Phi) is 7.56. The van der Waals surface area contributed by atoms with Gasteiger partial charge in [-0.25, -0.2) is 13.1 Å². The minimum atomic E-state index is -3.56. The van der Waals surface area contributed by atoms with Gasteiger partial charge in [-0.05, 0) is 42.8 Å². The summed E-state index contributed by atoms with van der Waals surface area (Å²) in [6.07, 6.45) is 0.787. The maximum absolute atomic E-state index is 12.2. The van der Waals surface area contributed by atoms with Gasteiger partial charge in [-0.2, -0.15) is 0 Å². The number of carbonyl (C=O) groups excluding carboxylic acids is 2. The molecule has 29 heavy (non-hydrogen) atoms. The minimum absolute atomic E-state index is 0.0904. The van der Waals surface area contributed by atoms with E-state index >= 15 is 0 Å². The van der Waals surface area contributed by atoms with Crippen LogP contribution in [0.15, 0.2) is 40.6 Å². The summed E-state index contributed by atoms with van der Waals surface area (Å²) in [7, 11) is -3.56. The second kappa shape index (κ2) is 9.51. The fourth-order valence-corrected chi connectivity index (χ4v) is 4.62. The Morgan fingerprint density at radius 2 is 1.66 bits per heavy atom. The molecule has 0 aliphatic rings. The van der Waals surface area contributed by atoms with Crippen LogP contribution in [0.4, 0.5) is 5.69 Å². The molecule has 0 spiro atoms. The molecule has 0 fully saturated rings. The van der Waals surface area contributed by atoms with E-state index in [4.69, 9.17) is 0 Å². The average Bonchev–Trinajstić information content (AvgIpc) is 3.15. The van der Waals surface area contributed by atoms with E-state index in [1.165, 1.54) is 11.3 Å². The molecule has 2 aromatic rings. The predicted molar refractivity (Wildman–Crippen MR) is 116 cm³/mol. The van der Waals surface area contributed by atoms with Crippen LogP contribution in [0.5, 0.6) is 0 Å². The van der Waals surface area contributed by atoms with E-state index in [2.05, 4.69) is 15.4 Å². The fourth-order valence-electron chi connectivity index (χ4n) is 2.25. The molecule has 0 saturated heterocycles. The first kappa shape index (κ1) is 23.1. The molecule has 1 aromatic carbocycles. The smallest absolute Gasteiger partial charge is 0.251 e. The van der Waals surface area contributed by atoms with E-state index in [9.17, 15) is 18.0 Å². The second-order valence-corrected chi connectivity index (χ2v) is 10.7. The molecule has 3 N–H and O–H groups in total. The van der Waals surface area contributed by atoms with Crippen LogP contribution in [0, 0.1) is 5.41 Å². The standard InChI is InChI=1S/C20H27N3O4S2/c1-5-16-10-11-17(28-16)29(26,27)22-13-12-21-18(24)14-6-8-15(9-7-14)23-19(25)20(2,3)4/h6-11,22H,5,12-13H2,1-4H3,(H,21,24)(H,23,25). The van der Waals surface area contributed by atoms with E-state index in [1.54, 1.807) is 36.4 Å². The van der Waals surface area contributed by atoms with Crippen molar-refractivity contribution in [2.24, 2.45) is 5.41 Å². The maximum atomic E-state index is 12.2. The molecule has 0 unspecified atom stereocenters. The third-order valence-corrected chi connectivity index (χ3v) is 7.22.